The van der Waals surface area contributed by atoms with E-state index in [2.05, 4.69) is 10.1 Å². The zero-order valence-electron chi connectivity index (χ0n) is 10.1. The van der Waals surface area contributed by atoms with E-state index in [4.69, 9.17) is 5.26 Å². The lowest BCUT2D eigenvalue weighted by Gasteiger charge is -2.02. The van der Waals surface area contributed by atoms with Crippen molar-refractivity contribution in [3.05, 3.63) is 46.2 Å². The number of non-ortho nitro benzene ring substituents is 1. The largest absolute Gasteiger partial charge is 0.462 e. The van der Waals surface area contributed by atoms with Crippen molar-refractivity contribution in [3.63, 3.8) is 0 Å². The van der Waals surface area contributed by atoms with Gasteiger partial charge in [0.2, 0.25) is 0 Å². The van der Waals surface area contributed by atoms with E-state index in [0.717, 1.165) is 0 Å². The minimum atomic E-state index is -0.723. The highest BCUT2D eigenvalue weighted by Crippen LogP contribution is 2.15. The Morgan fingerprint density at radius 2 is 2.16 bits per heavy atom. The molecule has 0 aliphatic heterocycles. The molecule has 1 rings (SSSR count). The van der Waals surface area contributed by atoms with Gasteiger partial charge in [-0.2, -0.15) is 5.26 Å². The zero-order chi connectivity index (χ0) is 14.3. The number of carbonyl (C=O) groups is 1. The number of esters is 1. The molecule has 0 radical (unpaired) electrons. The van der Waals surface area contributed by atoms with Crippen molar-refractivity contribution in [3.8, 4) is 6.07 Å². The highest BCUT2D eigenvalue weighted by atomic mass is 16.6. The Kier molecular flexibility index (Phi) is 5.04. The highest BCUT2D eigenvalue weighted by molar-refractivity contribution is 5.93. The average Bonchev–Trinajstić information content (AvgIpc) is 2.40. The van der Waals surface area contributed by atoms with Crippen LogP contribution in [-0.2, 0) is 9.53 Å². The number of hydrogen-bond donors (Lipinski definition) is 1. The fraction of sp³-hybridized carbons (Fsp3) is 0.167. The first-order valence-corrected chi connectivity index (χ1v) is 5.37. The van der Waals surface area contributed by atoms with E-state index in [0.29, 0.717) is 5.69 Å². The second-order valence-corrected chi connectivity index (χ2v) is 3.34. The Morgan fingerprint density at radius 3 is 2.63 bits per heavy atom. The Morgan fingerprint density at radius 1 is 1.53 bits per heavy atom. The summed E-state index contributed by atoms with van der Waals surface area (Å²) < 4.78 is 4.67. The van der Waals surface area contributed by atoms with E-state index in [-0.39, 0.29) is 17.9 Å². The quantitative estimate of drug-likeness (QED) is 0.285. The highest BCUT2D eigenvalue weighted by Gasteiger charge is 2.09. The molecule has 0 saturated carbocycles. The first-order chi connectivity index (χ1) is 9.08. The molecule has 0 aromatic heterocycles. The van der Waals surface area contributed by atoms with Crippen LogP contribution in [0.5, 0.6) is 0 Å². The minimum Gasteiger partial charge on any atom is -0.462 e. The van der Waals surface area contributed by atoms with Gasteiger partial charge in [0.1, 0.15) is 6.07 Å². The minimum absolute atomic E-state index is 0.0413. The van der Waals surface area contributed by atoms with Crippen LogP contribution in [0.3, 0.4) is 0 Å². The summed E-state index contributed by atoms with van der Waals surface area (Å²) in [4.78, 5) is 21.2. The van der Waals surface area contributed by atoms with Crippen LogP contribution in [0.2, 0.25) is 0 Å². The zero-order valence-corrected chi connectivity index (χ0v) is 10.1. The van der Waals surface area contributed by atoms with Gasteiger partial charge in [-0.25, -0.2) is 4.79 Å². The van der Waals surface area contributed by atoms with Gasteiger partial charge in [0, 0.05) is 24.0 Å². The number of nitro benzene ring substituents is 1. The van der Waals surface area contributed by atoms with Crippen LogP contribution in [0.15, 0.2) is 36.0 Å². The third kappa shape index (κ3) is 4.12. The molecule has 0 bridgehead atoms. The van der Waals surface area contributed by atoms with Crippen LogP contribution in [0.25, 0.3) is 0 Å². The number of nitro groups is 1. The molecule has 98 valence electrons. The van der Waals surface area contributed by atoms with E-state index in [1.165, 1.54) is 30.5 Å². The molecule has 0 heterocycles. The lowest BCUT2D eigenvalue weighted by Crippen LogP contribution is -2.07. The summed E-state index contributed by atoms with van der Waals surface area (Å²) in [5, 5.41) is 21.9. The molecule has 0 atom stereocenters. The van der Waals surface area contributed by atoms with Crippen LogP contribution in [0, 0.1) is 21.4 Å². The van der Waals surface area contributed by atoms with Crippen LogP contribution in [0.4, 0.5) is 11.4 Å². The van der Waals surface area contributed by atoms with E-state index >= 15 is 0 Å². The van der Waals surface area contributed by atoms with Gasteiger partial charge >= 0.3 is 5.97 Å². The van der Waals surface area contributed by atoms with Crippen LogP contribution < -0.4 is 5.32 Å². The first-order valence-electron chi connectivity index (χ1n) is 5.37. The van der Waals surface area contributed by atoms with Crippen molar-refractivity contribution in [2.24, 2.45) is 0 Å². The first kappa shape index (κ1) is 14.2. The topological polar surface area (TPSA) is 105 Å². The number of hydrogen-bond acceptors (Lipinski definition) is 6. The smallest absolute Gasteiger partial charge is 0.350 e. The molecule has 0 unspecified atom stereocenters. The maximum absolute atomic E-state index is 11.3. The van der Waals surface area contributed by atoms with E-state index in [9.17, 15) is 14.9 Å². The van der Waals surface area contributed by atoms with Gasteiger partial charge < -0.3 is 10.1 Å². The van der Waals surface area contributed by atoms with Gasteiger partial charge in [-0.3, -0.25) is 10.1 Å². The normalized spacial score (nSPS) is 10.4. The molecular weight excluding hydrogens is 250 g/mol. The third-order valence-corrected chi connectivity index (χ3v) is 2.08. The monoisotopic (exact) mass is 261 g/mol. The maximum atomic E-state index is 11.3. The predicted octanol–water partition coefficient (Wildman–Crippen LogP) is 1.98. The number of anilines is 1. The predicted molar refractivity (Wildman–Crippen MR) is 67.0 cm³/mol. The van der Waals surface area contributed by atoms with Gasteiger partial charge in [0.25, 0.3) is 5.69 Å². The molecule has 7 nitrogen and oxygen atoms in total. The number of nitrogens with zero attached hydrogens (tertiary/aromatic N) is 2. The summed E-state index contributed by atoms with van der Waals surface area (Å²) in [5.74, 6) is -0.723. The molecule has 19 heavy (non-hydrogen) atoms. The molecular formula is C12H11N3O4. The number of nitrogens with one attached hydrogen (secondary N) is 1. The summed E-state index contributed by atoms with van der Waals surface area (Å²) in [6, 6.07) is 7.26. The molecule has 0 aliphatic carbocycles. The average molecular weight is 261 g/mol. The van der Waals surface area contributed by atoms with Gasteiger partial charge in [-0.05, 0) is 19.1 Å². The lowest BCUT2D eigenvalue weighted by molar-refractivity contribution is -0.384. The third-order valence-electron chi connectivity index (χ3n) is 2.08. The Balaban J connectivity index is 2.76. The van der Waals surface area contributed by atoms with Crippen molar-refractivity contribution in [2.75, 3.05) is 11.9 Å². The van der Waals surface area contributed by atoms with Crippen molar-refractivity contribution in [2.45, 2.75) is 6.92 Å². The van der Waals surface area contributed by atoms with E-state index in [1.54, 1.807) is 13.0 Å². The lowest BCUT2D eigenvalue weighted by atomic mass is 10.2. The second kappa shape index (κ2) is 6.76. The number of nitriles is 1. The number of rotatable bonds is 5. The van der Waals surface area contributed by atoms with Gasteiger partial charge in [0.15, 0.2) is 5.57 Å². The molecule has 1 N–H and O–H groups in total. The number of ether oxygens (including phenoxy) is 1. The van der Waals surface area contributed by atoms with Gasteiger partial charge in [-0.15, -0.1) is 0 Å². The summed E-state index contributed by atoms with van der Waals surface area (Å²) in [6.45, 7) is 1.81. The molecule has 1 aromatic carbocycles. The molecule has 1 aromatic rings. The summed E-state index contributed by atoms with van der Waals surface area (Å²) in [5.41, 5.74) is 0.295. The van der Waals surface area contributed by atoms with Crippen LogP contribution in [0.1, 0.15) is 6.92 Å². The van der Waals surface area contributed by atoms with E-state index < -0.39 is 10.9 Å². The molecule has 0 saturated heterocycles. The summed E-state index contributed by atoms with van der Waals surface area (Å²) in [7, 11) is 0. The Bertz CT molecular complexity index is 543. The van der Waals surface area contributed by atoms with Gasteiger partial charge in [0.05, 0.1) is 11.5 Å². The fourth-order valence-corrected chi connectivity index (χ4v) is 1.18. The number of carbonyl (C=O) groups excluding carboxylic acids is 1. The SMILES string of the molecule is CCOC(=O)/C(C#N)=C\Nc1ccc([N+](=O)[O-])cc1. The second-order valence-electron chi connectivity index (χ2n) is 3.34. The van der Waals surface area contributed by atoms with Crippen molar-refractivity contribution < 1.29 is 14.5 Å². The Hall–Kier alpha value is -2.88. The van der Waals surface area contributed by atoms with Crippen LogP contribution >= 0.6 is 0 Å². The molecule has 7 heteroatoms. The standard InChI is InChI=1S/C12H11N3O4/c1-2-19-12(16)9(7-13)8-14-10-3-5-11(6-4-10)15(17)18/h3-6,8,14H,2H2,1H3/b9-8-. The molecule has 0 aliphatic rings. The maximum Gasteiger partial charge on any atom is 0.350 e. The molecule has 0 spiro atoms. The van der Waals surface area contributed by atoms with Gasteiger partial charge in [-0.1, -0.05) is 0 Å². The fourth-order valence-electron chi connectivity index (χ4n) is 1.18. The number of benzene rings is 1. The van der Waals surface area contributed by atoms with E-state index in [1.807, 2.05) is 0 Å². The van der Waals surface area contributed by atoms with Crippen molar-refractivity contribution in [1.82, 2.24) is 0 Å². The summed E-state index contributed by atoms with van der Waals surface area (Å²) in [6.07, 6.45) is 1.19. The molecule has 0 amide bonds. The summed E-state index contributed by atoms with van der Waals surface area (Å²) >= 11 is 0. The van der Waals surface area contributed by atoms with Crippen molar-refractivity contribution in [1.29, 1.82) is 5.26 Å². The van der Waals surface area contributed by atoms with Crippen LogP contribution in [-0.4, -0.2) is 17.5 Å². The molecule has 0 fully saturated rings. The Labute approximate surface area is 109 Å². The van der Waals surface area contributed by atoms with Crippen molar-refractivity contribution >= 4 is 17.3 Å².